The van der Waals surface area contributed by atoms with Gasteiger partial charge in [0.25, 0.3) is 0 Å². The Bertz CT molecular complexity index is 497. The van der Waals surface area contributed by atoms with Crippen molar-refractivity contribution in [1.82, 2.24) is 4.98 Å². The van der Waals surface area contributed by atoms with Gasteiger partial charge in [-0.2, -0.15) is 0 Å². The number of halogens is 1. The van der Waals surface area contributed by atoms with Crippen molar-refractivity contribution in [3.63, 3.8) is 0 Å². The van der Waals surface area contributed by atoms with E-state index in [1.165, 1.54) is 23.5 Å². The lowest BCUT2D eigenvalue weighted by Gasteiger charge is -2.29. The monoisotopic (exact) mass is 267 g/mol. The average Bonchev–Trinajstić information content (AvgIpc) is 2.89. The highest BCUT2D eigenvalue weighted by Gasteiger charge is 2.32. The summed E-state index contributed by atoms with van der Waals surface area (Å²) in [5, 5.41) is 21.1. The lowest BCUT2D eigenvalue weighted by Crippen LogP contribution is -2.37. The van der Waals surface area contributed by atoms with Crippen LogP contribution in [-0.2, 0) is 11.8 Å². The number of rotatable bonds is 5. The minimum atomic E-state index is -0.893. The summed E-state index contributed by atoms with van der Waals surface area (Å²) in [4.78, 5) is 4.15. The fourth-order valence-corrected chi connectivity index (χ4v) is 2.49. The first-order valence-electron chi connectivity index (χ1n) is 5.55. The van der Waals surface area contributed by atoms with Gasteiger partial charge < -0.3 is 10.2 Å². The van der Waals surface area contributed by atoms with Gasteiger partial charge in [-0.25, -0.2) is 9.37 Å². The number of hydrogen-bond acceptors (Lipinski definition) is 4. The summed E-state index contributed by atoms with van der Waals surface area (Å²) in [6, 6.07) is 5.97. The van der Waals surface area contributed by atoms with Crippen molar-refractivity contribution >= 4 is 11.3 Å². The second-order valence-corrected chi connectivity index (χ2v) is 4.98. The number of benzene rings is 1. The van der Waals surface area contributed by atoms with E-state index in [9.17, 15) is 14.6 Å². The quantitative estimate of drug-likeness (QED) is 0.867. The minimum Gasteiger partial charge on any atom is -0.395 e. The molecule has 96 valence electrons. The first-order chi connectivity index (χ1) is 8.70. The van der Waals surface area contributed by atoms with E-state index in [2.05, 4.69) is 4.98 Å². The van der Waals surface area contributed by atoms with Crippen LogP contribution in [0.1, 0.15) is 11.3 Å². The van der Waals surface area contributed by atoms with Crippen LogP contribution in [0.4, 0.5) is 4.39 Å². The number of thiazole rings is 1. The van der Waals surface area contributed by atoms with Gasteiger partial charge in [0.05, 0.1) is 24.4 Å². The molecule has 1 aromatic heterocycles. The Morgan fingerprint density at radius 2 is 2.06 bits per heavy atom. The standard InChI is InChI=1S/C13H14FNO2S/c14-11-3-1-2-10(4-11)13(7-16,8-17)5-12-6-18-9-15-12/h1-4,6,9,16-17H,5,7-8H2. The number of nitrogens with zero attached hydrogens (tertiary/aromatic N) is 1. The molecule has 2 aromatic rings. The fraction of sp³-hybridized carbons (Fsp3) is 0.308. The van der Waals surface area contributed by atoms with Crippen molar-refractivity contribution in [3.05, 3.63) is 52.2 Å². The molecule has 0 unspecified atom stereocenters. The highest BCUT2D eigenvalue weighted by Crippen LogP contribution is 2.28. The lowest BCUT2D eigenvalue weighted by molar-refractivity contribution is 0.115. The second-order valence-electron chi connectivity index (χ2n) is 4.26. The SMILES string of the molecule is OCC(CO)(Cc1cscn1)c1cccc(F)c1. The molecule has 18 heavy (non-hydrogen) atoms. The van der Waals surface area contributed by atoms with E-state index in [1.54, 1.807) is 17.6 Å². The van der Waals surface area contributed by atoms with Gasteiger partial charge >= 0.3 is 0 Å². The van der Waals surface area contributed by atoms with Gasteiger partial charge in [0.2, 0.25) is 0 Å². The Hall–Kier alpha value is -1.30. The summed E-state index contributed by atoms with van der Waals surface area (Å²) in [7, 11) is 0. The van der Waals surface area contributed by atoms with E-state index in [-0.39, 0.29) is 19.0 Å². The van der Waals surface area contributed by atoms with Crippen molar-refractivity contribution in [1.29, 1.82) is 0 Å². The third-order valence-electron chi connectivity index (χ3n) is 3.05. The zero-order valence-electron chi connectivity index (χ0n) is 9.71. The van der Waals surface area contributed by atoms with Crippen LogP contribution in [-0.4, -0.2) is 28.4 Å². The molecule has 3 nitrogen and oxygen atoms in total. The molecule has 5 heteroatoms. The van der Waals surface area contributed by atoms with Crippen LogP contribution in [0, 0.1) is 5.82 Å². The maximum Gasteiger partial charge on any atom is 0.123 e. The van der Waals surface area contributed by atoms with Crippen LogP contribution in [0.5, 0.6) is 0 Å². The molecule has 0 amide bonds. The molecule has 0 spiro atoms. The highest BCUT2D eigenvalue weighted by molar-refractivity contribution is 7.07. The molecule has 0 saturated carbocycles. The Kier molecular flexibility index (Phi) is 4.06. The van der Waals surface area contributed by atoms with Crippen LogP contribution in [0.3, 0.4) is 0 Å². The molecule has 2 N–H and O–H groups in total. The zero-order chi connectivity index (χ0) is 13.0. The van der Waals surface area contributed by atoms with Crippen LogP contribution < -0.4 is 0 Å². The fourth-order valence-electron chi connectivity index (χ4n) is 1.94. The smallest absolute Gasteiger partial charge is 0.123 e. The molecule has 1 aromatic carbocycles. The minimum absolute atomic E-state index is 0.259. The highest BCUT2D eigenvalue weighted by atomic mass is 32.1. The molecule has 2 rings (SSSR count). The molecular formula is C13H14FNO2S. The summed E-state index contributed by atoms with van der Waals surface area (Å²) in [6.45, 7) is -0.519. The number of aliphatic hydroxyl groups excluding tert-OH is 2. The third-order valence-corrected chi connectivity index (χ3v) is 3.68. The summed E-state index contributed by atoms with van der Waals surface area (Å²) in [6.07, 6.45) is 0.382. The molecule has 0 atom stereocenters. The van der Waals surface area contributed by atoms with E-state index in [0.29, 0.717) is 12.0 Å². The van der Waals surface area contributed by atoms with E-state index < -0.39 is 5.41 Å². The molecule has 1 heterocycles. The van der Waals surface area contributed by atoms with E-state index >= 15 is 0 Å². The van der Waals surface area contributed by atoms with E-state index in [0.717, 1.165) is 5.69 Å². The number of hydrogen-bond donors (Lipinski definition) is 2. The predicted molar refractivity (Wildman–Crippen MR) is 68.1 cm³/mol. The largest absolute Gasteiger partial charge is 0.395 e. The van der Waals surface area contributed by atoms with Gasteiger partial charge in [-0.3, -0.25) is 0 Å². The molecule has 0 aliphatic heterocycles. The van der Waals surface area contributed by atoms with Crippen LogP contribution >= 0.6 is 11.3 Å². The number of aliphatic hydroxyl groups is 2. The predicted octanol–water partition coefficient (Wildman–Crippen LogP) is 1.75. The molecule has 0 fully saturated rings. The summed E-state index contributed by atoms with van der Waals surface area (Å²) < 4.78 is 13.3. The average molecular weight is 267 g/mol. The first kappa shape index (κ1) is 13.1. The van der Waals surface area contributed by atoms with Crippen molar-refractivity contribution in [2.24, 2.45) is 0 Å². The molecule has 0 aliphatic carbocycles. The Morgan fingerprint density at radius 1 is 1.28 bits per heavy atom. The summed E-state index contributed by atoms with van der Waals surface area (Å²) >= 11 is 1.45. The zero-order valence-corrected chi connectivity index (χ0v) is 10.5. The number of aromatic nitrogens is 1. The van der Waals surface area contributed by atoms with Gasteiger partial charge in [0.15, 0.2) is 0 Å². The normalized spacial score (nSPS) is 11.7. The Morgan fingerprint density at radius 3 is 2.61 bits per heavy atom. The first-order valence-corrected chi connectivity index (χ1v) is 6.49. The van der Waals surface area contributed by atoms with Crippen molar-refractivity contribution in [2.45, 2.75) is 11.8 Å². The molecule has 0 saturated heterocycles. The Labute approximate surface area is 109 Å². The molecule has 0 aliphatic rings. The van der Waals surface area contributed by atoms with Crippen molar-refractivity contribution in [3.8, 4) is 0 Å². The van der Waals surface area contributed by atoms with Crippen molar-refractivity contribution in [2.75, 3.05) is 13.2 Å². The molecule has 0 radical (unpaired) electrons. The third kappa shape index (κ3) is 2.58. The lowest BCUT2D eigenvalue weighted by atomic mass is 9.78. The second kappa shape index (κ2) is 5.56. The van der Waals surface area contributed by atoms with Gasteiger partial charge in [-0.1, -0.05) is 12.1 Å². The Balaban J connectivity index is 2.37. The van der Waals surface area contributed by atoms with Crippen molar-refractivity contribution < 1.29 is 14.6 Å². The van der Waals surface area contributed by atoms with Gasteiger partial charge in [-0.05, 0) is 17.7 Å². The van der Waals surface area contributed by atoms with Gasteiger partial charge in [-0.15, -0.1) is 11.3 Å². The van der Waals surface area contributed by atoms with Crippen LogP contribution in [0.25, 0.3) is 0 Å². The molecular weight excluding hydrogens is 253 g/mol. The van der Waals surface area contributed by atoms with Gasteiger partial charge in [0.1, 0.15) is 5.82 Å². The summed E-state index contributed by atoms with van der Waals surface area (Å²) in [5.41, 5.74) is 2.17. The van der Waals surface area contributed by atoms with E-state index in [1.807, 2.05) is 5.38 Å². The van der Waals surface area contributed by atoms with Crippen LogP contribution in [0.15, 0.2) is 35.2 Å². The summed E-state index contributed by atoms with van der Waals surface area (Å²) in [5.74, 6) is -0.378. The van der Waals surface area contributed by atoms with Gasteiger partial charge in [0, 0.05) is 17.2 Å². The maximum absolute atomic E-state index is 13.3. The topological polar surface area (TPSA) is 53.4 Å². The van der Waals surface area contributed by atoms with Crippen LogP contribution in [0.2, 0.25) is 0 Å². The molecule has 0 bridgehead atoms. The maximum atomic E-state index is 13.3. The van der Waals surface area contributed by atoms with E-state index in [4.69, 9.17) is 0 Å².